The highest BCUT2D eigenvalue weighted by Crippen LogP contribution is 2.21. The number of para-hydroxylation sites is 1. The quantitative estimate of drug-likeness (QED) is 0.557. The summed E-state index contributed by atoms with van der Waals surface area (Å²) < 4.78 is 7.48. The minimum Gasteiger partial charge on any atom is -0.493 e. The van der Waals surface area contributed by atoms with E-state index in [2.05, 4.69) is 10.1 Å². The first-order chi connectivity index (χ1) is 13.6. The number of nitrogens with zero attached hydrogens (tertiary/aromatic N) is 4. The number of ether oxygens (including phenoxy) is 1. The summed E-state index contributed by atoms with van der Waals surface area (Å²) in [6, 6.07) is 15.9. The minimum absolute atomic E-state index is 0.00502. The van der Waals surface area contributed by atoms with Gasteiger partial charge in [-0.15, -0.1) is 0 Å². The van der Waals surface area contributed by atoms with Crippen molar-refractivity contribution in [2.45, 2.75) is 32.7 Å². The molecule has 0 bridgehead atoms. The van der Waals surface area contributed by atoms with Crippen LogP contribution in [0.25, 0.3) is 5.69 Å². The monoisotopic (exact) mass is 378 g/mol. The molecule has 0 spiro atoms. The molecule has 1 amide bonds. The number of amides is 1. The van der Waals surface area contributed by atoms with E-state index in [0.717, 1.165) is 22.6 Å². The molecule has 146 valence electrons. The van der Waals surface area contributed by atoms with Crippen molar-refractivity contribution < 1.29 is 9.53 Å². The summed E-state index contributed by atoms with van der Waals surface area (Å²) in [6.07, 6.45) is 4.32. The van der Waals surface area contributed by atoms with E-state index in [1.165, 1.54) is 6.33 Å². The topological polar surface area (TPSA) is 60.2 Å². The zero-order valence-corrected chi connectivity index (χ0v) is 16.6. The standard InChI is InChI=1S/C22H26N4O2/c1-17-7-4-5-8-21(17)28-14-6-9-22(27)25(3)18(2)19-10-12-20(13-11-19)26-16-23-15-24-26/h4-5,7-8,10-13,15-16,18H,6,9,14H2,1-3H3. The molecule has 6 heteroatoms. The Kier molecular flexibility index (Phi) is 6.42. The Morgan fingerprint density at radius 2 is 1.93 bits per heavy atom. The van der Waals surface area contributed by atoms with E-state index in [-0.39, 0.29) is 11.9 Å². The van der Waals surface area contributed by atoms with E-state index in [1.54, 1.807) is 15.9 Å². The van der Waals surface area contributed by atoms with Crippen molar-refractivity contribution in [2.75, 3.05) is 13.7 Å². The first-order valence-electron chi connectivity index (χ1n) is 9.45. The fourth-order valence-corrected chi connectivity index (χ4v) is 2.99. The van der Waals surface area contributed by atoms with Gasteiger partial charge in [-0.25, -0.2) is 9.67 Å². The highest BCUT2D eigenvalue weighted by Gasteiger charge is 2.17. The summed E-state index contributed by atoms with van der Waals surface area (Å²) in [5.41, 5.74) is 3.13. The van der Waals surface area contributed by atoms with Crippen LogP contribution in [0.3, 0.4) is 0 Å². The molecule has 0 aliphatic carbocycles. The summed E-state index contributed by atoms with van der Waals surface area (Å²) in [5.74, 6) is 0.991. The number of aryl methyl sites for hydroxylation is 1. The van der Waals surface area contributed by atoms with Gasteiger partial charge in [0.05, 0.1) is 18.3 Å². The van der Waals surface area contributed by atoms with Gasteiger partial charge in [-0.05, 0) is 49.6 Å². The smallest absolute Gasteiger partial charge is 0.222 e. The van der Waals surface area contributed by atoms with E-state index >= 15 is 0 Å². The van der Waals surface area contributed by atoms with Crippen LogP contribution in [0.1, 0.15) is 36.9 Å². The largest absolute Gasteiger partial charge is 0.493 e. The van der Waals surface area contributed by atoms with Gasteiger partial charge in [0.2, 0.25) is 5.91 Å². The second-order valence-corrected chi connectivity index (χ2v) is 6.83. The Morgan fingerprint density at radius 3 is 2.61 bits per heavy atom. The summed E-state index contributed by atoms with van der Waals surface area (Å²) in [5, 5.41) is 4.12. The molecule has 3 aromatic rings. The molecule has 1 atom stereocenters. The van der Waals surface area contributed by atoms with Crippen LogP contribution in [-0.2, 0) is 4.79 Å². The second-order valence-electron chi connectivity index (χ2n) is 6.83. The maximum Gasteiger partial charge on any atom is 0.222 e. The summed E-state index contributed by atoms with van der Waals surface area (Å²) in [6.45, 7) is 4.59. The lowest BCUT2D eigenvalue weighted by Gasteiger charge is -2.25. The van der Waals surface area contributed by atoms with E-state index < -0.39 is 0 Å². The molecule has 0 saturated heterocycles. The zero-order valence-electron chi connectivity index (χ0n) is 16.6. The van der Waals surface area contributed by atoms with Crippen LogP contribution < -0.4 is 4.74 Å². The normalized spacial score (nSPS) is 11.8. The maximum atomic E-state index is 12.5. The molecule has 0 aliphatic rings. The molecular weight excluding hydrogens is 352 g/mol. The number of hydrogen-bond donors (Lipinski definition) is 0. The third kappa shape index (κ3) is 4.76. The van der Waals surface area contributed by atoms with Crippen molar-refractivity contribution in [1.29, 1.82) is 0 Å². The lowest BCUT2D eigenvalue weighted by atomic mass is 10.1. The Hall–Kier alpha value is -3.15. The molecule has 1 heterocycles. The number of benzene rings is 2. The van der Waals surface area contributed by atoms with Crippen molar-refractivity contribution in [1.82, 2.24) is 19.7 Å². The van der Waals surface area contributed by atoms with Gasteiger partial charge in [-0.1, -0.05) is 30.3 Å². The number of rotatable bonds is 8. The van der Waals surface area contributed by atoms with Gasteiger partial charge in [-0.2, -0.15) is 5.10 Å². The fraction of sp³-hybridized carbons (Fsp3) is 0.318. The van der Waals surface area contributed by atoms with Crippen LogP contribution >= 0.6 is 0 Å². The molecule has 0 N–H and O–H groups in total. The third-order valence-corrected chi connectivity index (χ3v) is 4.92. The van der Waals surface area contributed by atoms with Crippen LogP contribution in [0, 0.1) is 6.92 Å². The average Bonchev–Trinajstić information content (AvgIpc) is 3.26. The van der Waals surface area contributed by atoms with E-state index in [9.17, 15) is 4.79 Å². The van der Waals surface area contributed by atoms with Crippen molar-refractivity contribution in [2.24, 2.45) is 0 Å². The number of carbonyl (C=O) groups is 1. The summed E-state index contributed by atoms with van der Waals surface area (Å²) >= 11 is 0. The van der Waals surface area contributed by atoms with Gasteiger partial charge in [0.25, 0.3) is 0 Å². The predicted molar refractivity (Wildman–Crippen MR) is 108 cm³/mol. The van der Waals surface area contributed by atoms with Crippen molar-refractivity contribution in [3.63, 3.8) is 0 Å². The van der Waals surface area contributed by atoms with Gasteiger partial charge in [0, 0.05) is 13.5 Å². The van der Waals surface area contributed by atoms with Gasteiger partial charge in [0.1, 0.15) is 18.4 Å². The van der Waals surface area contributed by atoms with Crippen LogP contribution in [0.4, 0.5) is 0 Å². The van der Waals surface area contributed by atoms with Gasteiger partial charge in [0.15, 0.2) is 0 Å². The lowest BCUT2D eigenvalue weighted by Crippen LogP contribution is -2.29. The van der Waals surface area contributed by atoms with Crippen molar-refractivity contribution >= 4 is 5.91 Å². The van der Waals surface area contributed by atoms with Crippen LogP contribution in [0.5, 0.6) is 5.75 Å². The van der Waals surface area contributed by atoms with Crippen LogP contribution in [0.2, 0.25) is 0 Å². The Morgan fingerprint density at radius 1 is 1.18 bits per heavy atom. The number of carbonyl (C=O) groups excluding carboxylic acids is 1. The molecule has 3 rings (SSSR count). The highest BCUT2D eigenvalue weighted by molar-refractivity contribution is 5.76. The van der Waals surface area contributed by atoms with E-state index in [0.29, 0.717) is 19.4 Å². The molecule has 0 fully saturated rings. The molecule has 0 saturated carbocycles. The van der Waals surface area contributed by atoms with Crippen molar-refractivity contribution in [3.05, 3.63) is 72.3 Å². The van der Waals surface area contributed by atoms with Crippen LogP contribution in [-0.4, -0.2) is 39.2 Å². The Labute approximate surface area is 165 Å². The number of hydrogen-bond acceptors (Lipinski definition) is 4. The lowest BCUT2D eigenvalue weighted by molar-refractivity contribution is -0.132. The molecule has 2 aromatic carbocycles. The maximum absolute atomic E-state index is 12.5. The molecule has 0 radical (unpaired) electrons. The SMILES string of the molecule is Cc1ccccc1OCCCC(=O)N(C)C(C)c1ccc(-n2cncn2)cc1. The first-order valence-corrected chi connectivity index (χ1v) is 9.45. The molecule has 6 nitrogen and oxygen atoms in total. The zero-order chi connectivity index (χ0) is 19.9. The molecule has 1 unspecified atom stereocenters. The molecule has 1 aromatic heterocycles. The van der Waals surface area contributed by atoms with Gasteiger partial charge >= 0.3 is 0 Å². The second kappa shape index (κ2) is 9.17. The Balaban J connectivity index is 1.49. The van der Waals surface area contributed by atoms with E-state index in [1.807, 2.05) is 69.4 Å². The highest BCUT2D eigenvalue weighted by atomic mass is 16.5. The van der Waals surface area contributed by atoms with Crippen LogP contribution in [0.15, 0.2) is 61.2 Å². The average molecular weight is 378 g/mol. The predicted octanol–water partition coefficient (Wildman–Crippen LogP) is 3.95. The third-order valence-electron chi connectivity index (χ3n) is 4.92. The molecule has 28 heavy (non-hydrogen) atoms. The molecular formula is C22H26N4O2. The van der Waals surface area contributed by atoms with Crippen molar-refractivity contribution in [3.8, 4) is 11.4 Å². The first kappa shape index (κ1) is 19.6. The van der Waals surface area contributed by atoms with E-state index in [4.69, 9.17) is 4.74 Å². The molecule has 0 aliphatic heterocycles. The number of aromatic nitrogens is 3. The Bertz CT molecular complexity index is 891. The van der Waals surface area contributed by atoms with Gasteiger partial charge < -0.3 is 9.64 Å². The fourth-order valence-electron chi connectivity index (χ4n) is 2.99. The summed E-state index contributed by atoms with van der Waals surface area (Å²) in [7, 11) is 1.85. The van der Waals surface area contributed by atoms with Gasteiger partial charge in [-0.3, -0.25) is 4.79 Å². The summed E-state index contributed by atoms with van der Waals surface area (Å²) in [4.78, 5) is 18.3. The minimum atomic E-state index is -0.00502.